The third-order valence-corrected chi connectivity index (χ3v) is 5.55. The molecule has 27 heavy (non-hydrogen) atoms. The van der Waals surface area contributed by atoms with E-state index >= 15 is 0 Å². The van der Waals surface area contributed by atoms with Crippen LogP contribution in [0.2, 0.25) is 10.0 Å². The molecule has 0 bridgehead atoms. The number of hydrogen-bond donors (Lipinski definition) is 2. The molecule has 0 spiro atoms. The molecule has 0 radical (unpaired) electrons. The summed E-state index contributed by atoms with van der Waals surface area (Å²) in [5.41, 5.74) is 9.34. The smallest absolute Gasteiger partial charge is 0.255 e. The minimum atomic E-state index is -0.285. The highest BCUT2D eigenvalue weighted by Crippen LogP contribution is 2.33. The Morgan fingerprint density at radius 3 is 2.67 bits per heavy atom. The first-order valence-electron chi connectivity index (χ1n) is 8.49. The largest absolute Gasteiger partial charge is 0.332 e. The van der Waals surface area contributed by atoms with Gasteiger partial charge in [-0.05, 0) is 36.4 Å². The topological polar surface area (TPSA) is 47.6 Å². The van der Waals surface area contributed by atoms with E-state index in [0.717, 1.165) is 17.1 Å². The van der Waals surface area contributed by atoms with Gasteiger partial charge in [-0.2, -0.15) is 0 Å². The number of benzene rings is 2. The molecule has 1 unspecified atom stereocenters. The molecule has 0 saturated heterocycles. The minimum Gasteiger partial charge on any atom is -0.332 e. The van der Waals surface area contributed by atoms with Crippen LogP contribution in [0.15, 0.2) is 53.9 Å². The number of nitrogens with zero attached hydrogens (tertiary/aromatic N) is 2. The second-order valence-corrected chi connectivity index (χ2v) is 7.39. The summed E-state index contributed by atoms with van der Waals surface area (Å²) < 4.78 is 13.2. The van der Waals surface area contributed by atoms with E-state index in [2.05, 4.69) is 11.0 Å². The molecular formula is C19H17Cl2FN4O. The first-order valence-corrected chi connectivity index (χ1v) is 9.25. The van der Waals surface area contributed by atoms with Crippen LogP contribution in [-0.4, -0.2) is 23.9 Å². The van der Waals surface area contributed by atoms with E-state index in [1.807, 2.05) is 11.9 Å². The Kier molecular flexibility index (Phi) is 4.72. The van der Waals surface area contributed by atoms with Crippen LogP contribution in [0.5, 0.6) is 0 Å². The Hall–Kier alpha value is -2.28. The third kappa shape index (κ3) is 3.25. The van der Waals surface area contributed by atoms with E-state index in [1.165, 1.54) is 12.1 Å². The zero-order valence-electron chi connectivity index (χ0n) is 14.5. The van der Waals surface area contributed by atoms with Crippen molar-refractivity contribution in [3.05, 3.63) is 75.3 Å². The quantitative estimate of drug-likeness (QED) is 0.791. The molecule has 140 valence electrons. The predicted octanol–water partition coefficient (Wildman–Crippen LogP) is 3.97. The molecule has 0 aliphatic carbocycles. The summed E-state index contributed by atoms with van der Waals surface area (Å²) in [5, 5.41) is 2.51. The van der Waals surface area contributed by atoms with Gasteiger partial charge in [0.05, 0.1) is 39.2 Å². The molecule has 2 aromatic rings. The Balaban J connectivity index is 1.60. The molecule has 0 saturated carbocycles. The third-order valence-electron chi connectivity index (χ3n) is 4.73. The van der Waals surface area contributed by atoms with E-state index in [-0.39, 0.29) is 22.7 Å². The summed E-state index contributed by atoms with van der Waals surface area (Å²) in [6.45, 7) is 2.98. The fraction of sp³-hybridized carbons (Fsp3) is 0.211. The second kappa shape index (κ2) is 7.03. The lowest BCUT2D eigenvalue weighted by Crippen LogP contribution is -2.42. The van der Waals surface area contributed by atoms with Crippen molar-refractivity contribution in [1.29, 1.82) is 0 Å². The predicted molar refractivity (Wildman–Crippen MR) is 104 cm³/mol. The zero-order valence-corrected chi connectivity index (χ0v) is 16.0. The van der Waals surface area contributed by atoms with Crippen molar-refractivity contribution in [2.24, 2.45) is 5.92 Å². The number of carbonyl (C=O) groups excluding carboxylic acids is 1. The number of anilines is 1. The van der Waals surface area contributed by atoms with Crippen molar-refractivity contribution in [3.63, 3.8) is 0 Å². The van der Waals surface area contributed by atoms with Crippen molar-refractivity contribution in [1.82, 2.24) is 15.9 Å². The highest BCUT2D eigenvalue weighted by molar-refractivity contribution is 6.43. The van der Waals surface area contributed by atoms with Gasteiger partial charge in [-0.15, -0.1) is 5.53 Å². The Morgan fingerprint density at radius 1 is 1.19 bits per heavy atom. The number of carbonyl (C=O) groups is 1. The van der Waals surface area contributed by atoms with E-state index < -0.39 is 0 Å². The molecule has 8 heteroatoms. The first-order chi connectivity index (χ1) is 13.0. The van der Waals surface area contributed by atoms with Gasteiger partial charge in [0, 0.05) is 12.5 Å². The van der Waals surface area contributed by atoms with Crippen LogP contribution in [0.1, 0.15) is 17.3 Å². The number of rotatable bonds is 2. The molecule has 2 aliphatic rings. The van der Waals surface area contributed by atoms with Crippen LogP contribution in [-0.2, 0) is 0 Å². The number of hydrogen-bond acceptors (Lipinski definition) is 4. The summed E-state index contributed by atoms with van der Waals surface area (Å²) in [7, 11) is 0. The van der Waals surface area contributed by atoms with Crippen molar-refractivity contribution < 1.29 is 9.18 Å². The molecule has 5 nitrogen and oxygen atoms in total. The molecule has 0 fully saturated rings. The van der Waals surface area contributed by atoms with Crippen LogP contribution < -0.4 is 16.0 Å². The van der Waals surface area contributed by atoms with Crippen LogP contribution in [0.3, 0.4) is 0 Å². The maximum atomic E-state index is 13.2. The van der Waals surface area contributed by atoms with E-state index in [4.69, 9.17) is 23.2 Å². The summed E-state index contributed by atoms with van der Waals surface area (Å²) in [6, 6.07) is 11.3. The van der Waals surface area contributed by atoms with Gasteiger partial charge in [-0.1, -0.05) is 36.2 Å². The average Bonchev–Trinajstić information content (AvgIpc) is 3.09. The van der Waals surface area contributed by atoms with Crippen molar-refractivity contribution in [2.75, 3.05) is 18.1 Å². The molecule has 0 aromatic heterocycles. The highest BCUT2D eigenvalue weighted by Gasteiger charge is 2.36. The Morgan fingerprint density at radius 2 is 1.93 bits per heavy atom. The summed E-state index contributed by atoms with van der Waals surface area (Å²) >= 11 is 12.3. The van der Waals surface area contributed by atoms with Gasteiger partial charge in [-0.25, -0.2) is 4.39 Å². The van der Waals surface area contributed by atoms with Crippen LogP contribution in [0.25, 0.3) is 0 Å². The molecular weight excluding hydrogens is 390 g/mol. The average molecular weight is 407 g/mol. The fourth-order valence-corrected chi connectivity index (χ4v) is 3.86. The SMILES string of the molecule is CC1CN(C(=O)c2cccc(Cl)c2Cl)CC2=C1N(c1ccc(F)cc1)NN2. The number of amides is 1. The lowest BCUT2D eigenvalue weighted by molar-refractivity contribution is 0.0742. The van der Waals surface area contributed by atoms with Gasteiger partial charge < -0.3 is 10.3 Å². The minimum absolute atomic E-state index is 0.0585. The van der Waals surface area contributed by atoms with Crippen LogP contribution in [0.4, 0.5) is 10.1 Å². The van der Waals surface area contributed by atoms with E-state index in [9.17, 15) is 9.18 Å². The lowest BCUT2D eigenvalue weighted by Gasteiger charge is -2.34. The number of nitrogens with one attached hydrogen (secondary N) is 2. The molecule has 1 amide bonds. The van der Waals surface area contributed by atoms with Crippen molar-refractivity contribution in [3.8, 4) is 0 Å². The summed E-state index contributed by atoms with van der Waals surface area (Å²) in [6.07, 6.45) is 0. The molecule has 2 aromatic carbocycles. The zero-order chi connectivity index (χ0) is 19.1. The van der Waals surface area contributed by atoms with Gasteiger partial charge in [0.1, 0.15) is 5.82 Å². The molecule has 2 N–H and O–H groups in total. The first kappa shape index (κ1) is 18.1. The molecule has 1 atom stereocenters. The lowest BCUT2D eigenvalue weighted by atomic mass is 9.99. The monoisotopic (exact) mass is 406 g/mol. The van der Waals surface area contributed by atoms with E-state index in [0.29, 0.717) is 23.7 Å². The summed E-state index contributed by atoms with van der Waals surface area (Å²) in [4.78, 5) is 14.7. The molecule has 2 aliphatic heterocycles. The highest BCUT2D eigenvalue weighted by atomic mass is 35.5. The van der Waals surface area contributed by atoms with Gasteiger partial charge in [0.2, 0.25) is 0 Å². The Bertz CT molecular complexity index is 932. The number of halogens is 3. The standard InChI is InChI=1S/C19H17Cl2FN4O/c1-11-9-25(19(27)14-3-2-4-15(20)17(14)21)10-16-18(11)26(24-23-16)13-7-5-12(22)6-8-13/h2-8,11,23-24H,9-10H2,1H3. The van der Waals surface area contributed by atoms with Gasteiger partial charge >= 0.3 is 0 Å². The van der Waals surface area contributed by atoms with Gasteiger partial charge in [-0.3, -0.25) is 9.80 Å². The van der Waals surface area contributed by atoms with Gasteiger partial charge in [0.25, 0.3) is 5.91 Å². The van der Waals surface area contributed by atoms with E-state index in [1.54, 1.807) is 35.2 Å². The normalized spacial score (nSPS) is 19.2. The van der Waals surface area contributed by atoms with Crippen molar-refractivity contribution >= 4 is 34.8 Å². The summed E-state index contributed by atoms with van der Waals surface area (Å²) in [5.74, 6) is -0.391. The van der Waals surface area contributed by atoms with Crippen LogP contribution >= 0.6 is 23.2 Å². The van der Waals surface area contributed by atoms with Gasteiger partial charge in [0.15, 0.2) is 0 Å². The van der Waals surface area contributed by atoms with Crippen LogP contribution in [0, 0.1) is 11.7 Å². The van der Waals surface area contributed by atoms with Crippen molar-refractivity contribution in [2.45, 2.75) is 6.92 Å². The maximum absolute atomic E-state index is 13.2. The molecule has 4 rings (SSSR count). The number of hydrazine groups is 2. The second-order valence-electron chi connectivity index (χ2n) is 6.60. The maximum Gasteiger partial charge on any atom is 0.255 e. The Labute approximate surface area is 166 Å². The fourth-order valence-electron chi connectivity index (χ4n) is 3.48. The molecule has 2 heterocycles.